The predicted molar refractivity (Wildman–Crippen MR) is 70.8 cm³/mol. The summed E-state index contributed by atoms with van der Waals surface area (Å²) in [6, 6.07) is 9.32. The quantitative estimate of drug-likeness (QED) is 0.924. The van der Waals surface area contributed by atoms with E-state index in [2.05, 4.69) is 4.98 Å². The molecule has 0 aliphatic heterocycles. The van der Waals surface area contributed by atoms with Gasteiger partial charge in [0.2, 0.25) is 0 Å². The van der Waals surface area contributed by atoms with Gasteiger partial charge in [0.15, 0.2) is 0 Å². The Morgan fingerprint density at radius 2 is 2.12 bits per heavy atom. The molecule has 0 bridgehead atoms. The number of hydrogen-bond acceptors (Lipinski definition) is 4. The Bertz CT molecular complexity index is 516. The summed E-state index contributed by atoms with van der Waals surface area (Å²) in [7, 11) is 1.59. The summed E-state index contributed by atoms with van der Waals surface area (Å²) in [6.07, 6.45) is 1.63. The number of ether oxygens (including phenoxy) is 1. The van der Waals surface area contributed by atoms with Crippen LogP contribution in [0.25, 0.3) is 0 Å². The second-order valence-corrected chi connectivity index (χ2v) is 4.83. The van der Waals surface area contributed by atoms with Gasteiger partial charge in [0.25, 0.3) is 0 Å². The van der Waals surface area contributed by atoms with Gasteiger partial charge in [0.05, 0.1) is 24.0 Å². The summed E-state index contributed by atoms with van der Waals surface area (Å²) in [5.41, 5.74) is 6.23. The number of pyridine rings is 1. The molecule has 0 aliphatic rings. The highest BCUT2D eigenvalue weighted by atomic mass is 35.5. The van der Waals surface area contributed by atoms with Gasteiger partial charge in [-0.1, -0.05) is 23.4 Å². The summed E-state index contributed by atoms with van der Waals surface area (Å²) >= 11 is 7.57. The normalized spacial score (nSPS) is 10.2. The smallest absolute Gasteiger partial charge is 0.137 e. The molecule has 0 unspecified atom stereocenters. The van der Waals surface area contributed by atoms with Gasteiger partial charge in [0, 0.05) is 4.90 Å². The van der Waals surface area contributed by atoms with Crippen molar-refractivity contribution in [2.45, 2.75) is 9.92 Å². The Morgan fingerprint density at radius 3 is 2.71 bits per heavy atom. The van der Waals surface area contributed by atoms with Gasteiger partial charge in [-0.3, -0.25) is 0 Å². The lowest BCUT2D eigenvalue weighted by molar-refractivity contribution is 0.414. The third-order valence-corrected chi connectivity index (χ3v) is 3.34. The van der Waals surface area contributed by atoms with Gasteiger partial charge in [-0.15, -0.1) is 0 Å². The Labute approximate surface area is 109 Å². The third-order valence-electron chi connectivity index (χ3n) is 2.10. The molecular weight excluding hydrogens is 256 g/mol. The van der Waals surface area contributed by atoms with E-state index in [1.807, 2.05) is 30.3 Å². The molecule has 2 rings (SSSR count). The Balaban J connectivity index is 2.19. The maximum atomic E-state index is 6.04. The summed E-state index contributed by atoms with van der Waals surface area (Å²) in [5.74, 6) is 0.668. The number of rotatable bonds is 3. The minimum Gasteiger partial charge on any atom is -0.495 e. The molecule has 0 saturated carbocycles. The number of nitrogen functional groups attached to an aromatic ring is 1. The highest BCUT2D eigenvalue weighted by molar-refractivity contribution is 7.99. The number of anilines is 1. The minimum absolute atomic E-state index is 0.591. The SMILES string of the molecule is COc1ccc(Sc2ccc(N)cn2)cc1Cl. The molecule has 0 amide bonds. The number of benzene rings is 1. The first kappa shape index (κ1) is 12.1. The molecule has 3 nitrogen and oxygen atoms in total. The minimum atomic E-state index is 0.591. The van der Waals surface area contributed by atoms with Crippen molar-refractivity contribution >= 4 is 29.1 Å². The molecule has 2 aromatic rings. The van der Waals surface area contributed by atoms with E-state index in [1.54, 1.807) is 13.3 Å². The van der Waals surface area contributed by atoms with E-state index < -0.39 is 0 Å². The van der Waals surface area contributed by atoms with E-state index in [-0.39, 0.29) is 0 Å². The highest BCUT2D eigenvalue weighted by Crippen LogP contribution is 2.32. The average molecular weight is 267 g/mol. The monoisotopic (exact) mass is 266 g/mol. The summed E-state index contributed by atoms with van der Waals surface area (Å²) in [6.45, 7) is 0. The maximum Gasteiger partial charge on any atom is 0.137 e. The average Bonchev–Trinajstić information content (AvgIpc) is 2.32. The van der Waals surface area contributed by atoms with E-state index in [4.69, 9.17) is 22.1 Å². The van der Waals surface area contributed by atoms with Gasteiger partial charge >= 0.3 is 0 Å². The van der Waals surface area contributed by atoms with Crippen LogP contribution in [-0.2, 0) is 0 Å². The van der Waals surface area contributed by atoms with E-state index in [0.717, 1.165) is 9.92 Å². The predicted octanol–water partition coefficient (Wildman–Crippen LogP) is 3.48. The van der Waals surface area contributed by atoms with Crippen LogP contribution in [0.3, 0.4) is 0 Å². The van der Waals surface area contributed by atoms with Crippen LogP contribution in [0, 0.1) is 0 Å². The number of halogens is 1. The van der Waals surface area contributed by atoms with Crippen molar-refractivity contribution in [1.82, 2.24) is 4.98 Å². The zero-order chi connectivity index (χ0) is 12.3. The summed E-state index contributed by atoms with van der Waals surface area (Å²) in [4.78, 5) is 5.22. The van der Waals surface area contributed by atoms with Crippen LogP contribution in [0.4, 0.5) is 5.69 Å². The van der Waals surface area contributed by atoms with Gasteiger partial charge < -0.3 is 10.5 Å². The van der Waals surface area contributed by atoms with E-state index in [0.29, 0.717) is 16.5 Å². The standard InChI is InChI=1S/C12H11ClN2OS/c1-16-11-4-3-9(6-10(11)13)17-12-5-2-8(14)7-15-12/h2-7H,14H2,1H3. The molecule has 88 valence electrons. The van der Waals surface area contributed by atoms with Crippen molar-refractivity contribution in [3.63, 3.8) is 0 Å². The molecule has 0 radical (unpaired) electrons. The lowest BCUT2D eigenvalue weighted by Gasteiger charge is -2.05. The first-order valence-electron chi connectivity index (χ1n) is 4.92. The fourth-order valence-corrected chi connectivity index (χ4v) is 2.40. The summed E-state index contributed by atoms with van der Waals surface area (Å²) < 4.78 is 5.09. The molecule has 5 heteroatoms. The fraction of sp³-hybridized carbons (Fsp3) is 0.0833. The second-order valence-electron chi connectivity index (χ2n) is 3.33. The van der Waals surface area contributed by atoms with E-state index >= 15 is 0 Å². The molecule has 0 fully saturated rings. The van der Waals surface area contributed by atoms with Crippen molar-refractivity contribution in [3.8, 4) is 5.75 Å². The second kappa shape index (κ2) is 5.29. The van der Waals surface area contributed by atoms with Crippen molar-refractivity contribution in [1.29, 1.82) is 0 Å². The zero-order valence-corrected chi connectivity index (χ0v) is 10.8. The number of nitrogens with zero attached hydrogens (tertiary/aromatic N) is 1. The molecule has 2 N–H and O–H groups in total. The summed E-state index contributed by atoms with van der Waals surface area (Å²) in [5, 5.41) is 1.47. The lowest BCUT2D eigenvalue weighted by atomic mass is 10.3. The van der Waals surface area contributed by atoms with Crippen LogP contribution in [0.1, 0.15) is 0 Å². The van der Waals surface area contributed by atoms with Crippen molar-refractivity contribution < 1.29 is 4.74 Å². The van der Waals surface area contributed by atoms with Gasteiger partial charge in [-0.05, 0) is 30.3 Å². The van der Waals surface area contributed by atoms with E-state index in [1.165, 1.54) is 11.8 Å². The number of methoxy groups -OCH3 is 1. The van der Waals surface area contributed by atoms with Crippen LogP contribution in [0.2, 0.25) is 5.02 Å². The molecule has 0 aliphatic carbocycles. The molecule has 0 spiro atoms. The molecular formula is C12H11ClN2OS. The zero-order valence-electron chi connectivity index (χ0n) is 9.18. The van der Waals surface area contributed by atoms with Gasteiger partial charge in [0.1, 0.15) is 10.8 Å². The van der Waals surface area contributed by atoms with Crippen LogP contribution in [0.15, 0.2) is 46.5 Å². The van der Waals surface area contributed by atoms with Crippen molar-refractivity contribution in [2.75, 3.05) is 12.8 Å². The largest absolute Gasteiger partial charge is 0.495 e. The van der Waals surface area contributed by atoms with Crippen LogP contribution < -0.4 is 10.5 Å². The van der Waals surface area contributed by atoms with Crippen molar-refractivity contribution in [2.24, 2.45) is 0 Å². The van der Waals surface area contributed by atoms with Crippen molar-refractivity contribution in [3.05, 3.63) is 41.6 Å². The highest BCUT2D eigenvalue weighted by Gasteiger charge is 2.04. The lowest BCUT2D eigenvalue weighted by Crippen LogP contribution is -1.87. The van der Waals surface area contributed by atoms with Crippen LogP contribution in [-0.4, -0.2) is 12.1 Å². The molecule has 1 aromatic carbocycles. The molecule has 17 heavy (non-hydrogen) atoms. The molecule has 0 atom stereocenters. The van der Waals surface area contributed by atoms with E-state index in [9.17, 15) is 0 Å². The molecule has 0 saturated heterocycles. The Hall–Kier alpha value is -1.39. The van der Waals surface area contributed by atoms with Crippen LogP contribution >= 0.6 is 23.4 Å². The first-order chi connectivity index (χ1) is 8.19. The number of hydrogen-bond donors (Lipinski definition) is 1. The Morgan fingerprint density at radius 1 is 1.29 bits per heavy atom. The number of aromatic nitrogens is 1. The molecule has 1 aromatic heterocycles. The Kier molecular flexibility index (Phi) is 3.76. The first-order valence-corrected chi connectivity index (χ1v) is 6.11. The fourth-order valence-electron chi connectivity index (χ4n) is 1.28. The topological polar surface area (TPSA) is 48.1 Å². The van der Waals surface area contributed by atoms with Gasteiger partial charge in [-0.25, -0.2) is 4.98 Å². The van der Waals surface area contributed by atoms with Gasteiger partial charge in [-0.2, -0.15) is 0 Å². The van der Waals surface area contributed by atoms with Crippen LogP contribution in [0.5, 0.6) is 5.75 Å². The number of nitrogens with two attached hydrogens (primary N) is 1. The third kappa shape index (κ3) is 3.05. The molecule has 1 heterocycles. The maximum absolute atomic E-state index is 6.04.